The quantitative estimate of drug-likeness (QED) is 0.391. The van der Waals surface area contributed by atoms with Crippen molar-refractivity contribution in [2.45, 2.75) is 23.8 Å². The fraction of sp³-hybridized carbons (Fsp3) is 0.321. The van der Waals surface area contributed by atoms with Crippen molar-refractivity contribution < 1.29 is 12.8 Å². The van der Waals surface area contributed by atoms with Crippen LogP contribution in [0.1, 0.15) is 17.5 Å². The molecule has 10 heteroatoms. The van der Waals surface area contributed by atoms with Gasteiger partial charge >= 0.3 is 0 Å². The molecule has 1 unspecified atom stereocenters. The first kappa shape index (κ1) is 23.5. The van der Waals surface area contributed by atoms with Crippen LogP contribution in [0.3, 0.4) is 0 Å². The van der Waals surface area contributed by atoms with Crippen LogP contribution in [0.15, 0.2) is 78.1 Å². The number of hydrogen-bond donors (Lipinski definition) is 0. The summed E-state index contributed by atoms with van der Waals surface area (Å²) in [5, 5.41) is 13.3. The Kier molecular flexibility index (Phi) is 5.06. The molecule has 3 heterocycles. The number of nitrogens with zero attached hydrogens (tertiary/aromatic N) is 6. The summed E-state index contributed by atoms with van der Waals surface area (Å²) in [6, 6.07) is 10.6. The highest BCUT2D eigenvalue weighted by molar-refractivity contribution is 7.89. The Balaban J connectivity index is 1.31. The van der Waals surface area contributed by atoms with E-state index in [1.165, 1.54) is 28.6 Å². The Labute approximate surface area is 220 Å². The highest BCUT2D eigenvalue weighted by Gasteiger charge is 2.72. The summed E-state index contributed by atoms with van der Waals surface area (Å²) in [6.45, 7) is 2.96. The first-order valence-corrected chi connectivity index (χ1v) is 14.2. The summed E-state index contributed by atoms with van der Waals surface area (Å²) in [4.78, 5) is 0. The second-order valence-electron chi connectivity index (χ2n) is 10.7. The van der Waals surface area contributed by atoms with E-state index < -0.39 is 10.0 Å². The van der Waals surface area contributed by atoms with E-state index in [1.807, 2.05) is 10.9 Å². The lowest BCUT2D eigenvalue weighted by atomic mass is 9.83. The average Bonchev–Trinajstić information content (AvgIpc) is 3.34. The lowest BCUT2D eigenvalue weighted by molar-refractivity contribution is 0.360. The van der Waals surface area contributed by atoms with Gasteiger partial charge in [0.1, 0.15) is 5.82 Å². The Hall–Kier alpha value is -3.63. The van der Waals surface area contributed by atoms with Crippen molar-refractivity contribution in [3.8, 4) is 5.69 Å². The molecule has 0 spiro atoms. The number of hydrogen-bond acceptors (Lipinski definition) is 5. The third-order valence-corrected chi connectivity index (χ3v) is 10.2. The minimum absolute atomic E-state index is 0.0127. The van der Waals surface area contributed by atoms with Crippen LogP contribution in [-0.2, 0) is 22.5 Å². The highest BCUT2D eigenvalue weighted by Crippen LogP contribution is 2.69. The maximum absolute atomic E-state index is 13.5. The second-order valence-corrected chi connectivity index (χ2v) is 12.6. The number of aryl methyl sites for hydroxylation is 2. The molecule has 2 fully saturated rings. The SMILES string of the molecule is Cc1cc2c(cnn2-c2ccc(F)cc2)cc1[C@@]12CN(S(=O)(=O)c3cn(C)nn3)C[C@@H]1[C@H]2C1C=CC=CC1. The largest absolute Gasteiger partial charge is 0.264 e. The molecule has 1 saturated heterocycles. The molecule has 4 aromatic rings. The van der Waals surface area contributed by atoms with Crippen molar-refractivity contribution in [3.05, 3.63) is 90.0 Å². The molecule has 194 valence electrons. The molecule has 0 radical (unpaired) electrons. The Bertz CT molecular complexity index is 1740. The molecule has 8 nitrogen and oxygen atoms in total. The van der Waals surface area contributed by atoms with Gasteiger partial charge in [-0.05, 0) is 78.6 Å². The molecule has 1 saturated carbocycles. The van der Waals surface area contributed by atoms with Gasteiger partial charge in [0.05, 0.1) is 23.6 Å². The van der Waals surface area contributed by atoms with Gasteiger partial charge in [-0.1, -0.05) is 29.5 Å². The standard InChI is InChI=1S/C28H27FN6O2S/c1-18-12-25-20(14-30-35(25)22-10-8-21(29)9-11-22)13-23(18)28-17-34(38(36,37)26-16-33(2)32-31-26)15-24(28)27(28)19-6-4-3-5-7-19/h3-6,8-14,16,19,24,27H,7,15,17H2,1-2H3/t19?,24-,27-,28+/m1/s1. The molecule has 0 bridgehead atoms. The van der Waals surface area contributed by atoms with Crippen molar-refractivity contribution in [2.24, 2.45) is 24.8 Å². The third kappa shape index (κ3) is 3.36. The lowest BCUT2D eigenvalue weighted by Crippen LogP contribution is -2.36. The van der Waals surface area contributed by atoms with Crippen LogP contribution in [0.4, 0.5) is 4.39 Å². The zero-order chi connectivity index (χ0) is 26.2. The molecular weight excluding hydrogens is 503 g/mol. The number of piperidine rings is 1. The van der Waals surface area contributed by atoms with E-state index in [1.54, 1.807) is 23.5 Å². The van der Waals surface area contributed by atoms with Gasteiger partial charge in [-0.3, -0.25) is 4.68 Å². The van der Waals surface area contributed by atoms with E-state index in [0.717, 1.165) is 28.6 Å². The van der Waals surface area contributed by atoms with Gasteiger partial charge < -0.3 is 0 Å². The maximum Gasteiger partial charge on any atom is 0.264 e. The van der Waals surface area contributed by atoms with E-state index in [0.29, 0.717) is 24.9 Å². The Morgan fingerprint density at radius 2 is 1.95 bits per heavy atom. The lowest BCUT2D eigenvalue weighted by Gasteiger charge is -2.27. The smallest absolute Gasteiger partial charge is 0.254 e. The zero-order valence-electron chi connectivity index (χ0n) is 21.1. The van der Waals surface area contributed by atoms with Crippen molar-refractivity contribution in [1.82, 2.24) is 29.1 Å². The van der Waals surface area contributed by atoms with Crippen molar-refractivity contribution in [3.63, 3.8) is 0 Å². The van der Waals surface area contributed by atoms with Crippen LogP contribution in [0.5, 0.6) is 0 Å². The molecule has 0 amide bonds. The van der Waals surface area contributed by atoms with Gasteiger partial charge in [-0.2, -0.15) is 9.40 Å². The summed E-state index contributed by atoms with van der Waals surface area (Å²) in [5.74, 6) is 0.629. The number of sulfonamides is 1. The summed E-state index contributed by atoms with van der Waals surface area (Å²) < 4.78 is 45.3. The Morgan fingerprint density at radius 3 is 2.66 bits per heavy atom. The summed E-state index contributed by atoms with van der Waals surface area (Å²) >= 11 is 0. The number of aromatic nitrogens is 5. The van der Waals surface area contributed by atoms with Crippen molar-refractivity contribution >= 4 is 20.9 Å². The molecule has 3 aliphatic rings. The monoisotopic (exact) mass is 530 g/mol. The van der Waals surface area contributed by atoms with Gasteiger partial charge in [-0.15, -0.1) is 5.10 Å². The van der Waals surface area contributed by atoms with Crippen molar-refractivity contribution in [1.29, 1.82) is 0 Å². The van der Waals surface area contributed by atoms with Gasteiger partial charge in [0.15, 0.2) is 0 Å². The first-order valence-electron chi connectivity index (χ1n) is 12.7. The molecular formula is C28H27FN6O2S. The Morgan fingerprint density at radius 1 is 1.13 bits per heavy atom. The van der Waals surface area contributed by atoms with Crippen LogP contribution in [-0.4, -0.2) is 50.6 Å². The van der Waals surface area contributed by atoms with Gasteiger partial charge in [0.2, 0.25) is 5.03 Å². The number of rotatable bonds is 5. The van der Waals surface area contributed by atoms with E-state index in [9.17, 15) is 12.8 Å². The zero-order valence-corrected chi connectivity index (χ0v) is 21.9. The topological polar surface area (TPSA) is 85.9 Å². The first-order chi connectivity index (χ1) is 18.3. The highest BCUT2D eigenvalue weighted by atomic mass is 32.2. The second kappa shape index (κ2) is 8.18. The minimum atomic E-state index is -3.75. The molecule has 38 heavy (non-hydrogen) atoms. The predicted octanol–water partition coefficient (Wildman–Crippen LogP) is 3.92. The number of allylic oxidation sites excluding steroid dienone is 4. The number of fused-ring (bicyclic) bond motifs is 2. The van der Waals surface area contributed by atoms with E-state index in [2.05, 4.69) is 58.8 Å². The summed E-state index contributed by atoms with van der Waals surface area (Å²) in [6.07, 6.45) is 12.9. The normalized spacial score (nSPS) is 26.8. The van der Waals surface area contributed by atoms with Gasteiger partial charge in [0.25, 0.3) is 10.0 Å². The number of halogens is 1. The summed E-state index contributed by atoms with van der Waals surface area (Å²) in [5.41, 5.74) is 3.72. The fourth-order valence-corrected chi connectivity index (χ4v) is 8.29. The maximum atomic E-state index is 13.5. The molecule has 7 rings (SSSR count). The fourth-order valence-electron chi connectivity index (χ4n) is 6.86. The van der Waals surface area contributed by atoms with Crippen LogP contribution in [0.25, 0.3) is 16.6 Å². The molecule has 2 aromatic heterocycles. The van der Waals surface area contributed by atoms with Gasteiger partial charge in [0, 0.05) is 30.9 Å². The predicted molar refractivity (Wildman–Crippen MR) is 141 cm³/mol. The molecule has 1 aliphatic heterocycles. The third-order valence-electron chi connectivity index (χ3n) is 8.57. The van der Waals surface area contributed by atoms with Crippen molar-refractivity contribution in [2.75, 3.05) is 13.1 Å². The van der Waals surface area contributed by atoms with Crippen LogP contribution >= 0.6 is 0 Å². The van der Waals surface area contributed by atoms with E-state index in [4.69, 9.17) is 0 Å². The number of benzene rings is 2. The molecule has 4 atom stereocenters. The molecule has 0 N–H and O–H groups in total. The summed E-state index contributed by atoms with van der Waals surface area (Å²) in [7, 11) is -2.09. The van der Waals surface area contributed by atoms with E-state index in [-0.39, 0.29) is 22.2 Å². The van der Waals surface area contributed by atoms with E-state index >= 15 is 0 Å². The minimum Gasteiger partial charge on any atom is -0.254 e. The average molecular weight is 531 g/mol. The molecule has 2 aliphatic carbocycles. The van der Waals surface area contributed by atoms with Crippen LogP contribution < -0.4 is 0 Å². The molecule has 2 aromatic carbocycles. The van der Waals surface area contributed by atoms with Crippen LogP contribution in [0.2, 0.25) is 0 Å². The van der Waals surface area contributed by atoms with Crippen LogP contribution in [0, 0.1) is 30.5 Å². The van der Waals surface area contributed by atoms with Gasteiger partial charge in [-0.25, -0.2) is 17.5 Å².